The van der Waals surface area contributed by atoms with E-state index < -0.39 is 0 Å². The van der Waals surface area contributed by atoms with Gasteiger partial charge in [0.1, 0.15) is 11.6 Å². The van der Waals surface area contributed by atoms with Crippen LogP contribution in [0.4, 0.5) is 10.1 Å². The number of nitrogens with one attached hydrogen (secondary N) is 1. The number of benzene rings is 2. The largest absolute Gasteiger partial charge is 0.497 e. The summed E-state index contributed by atoms with van der Waals surface area (Å²) in [7, 11) is 1.61. The normalized spacial score (nSPS) is 10.7. The van der Waals surface area contributed by atoms with Crippen molar-refractivity contribution < 1.29 is 14.2 Å². The summed E-state index contributed by atoms with van der Waals surface area (Å²) in [6, 6.07) is 13.7. The first-order valence-corrected chi connectivity index (χ1v) is 7.26. The number of aliphatic hydroxyl groups excluding tert-OH is 1. The van der Waals surface area contributed by atoms with E-state index in [0.29, 0.717) is 12.2 Å². The molecule has 0 unspecified atom stereocenters. The summed E-state index contributed by atoms with van der Waals surface area (Å²) >= 11 is 0. The molecular formula is C18H17FN2O2. The van der Waals surface area contributed by atoms with Gasteiger partial charge in [-0.3, -0.25) is 4.98 Å². The van der Waals surface area contributed by atoms with Crippen molar-refractivity contribution in [2.24, 2.45) is 0 Å². The van der Waals surface area contributed by atoms with Gasteiger partial charge in [-0.2, -0.15) is 0 Å². The Kier molecular flexibility index (Phi) is 4.39. The van der Waals surface area contributed by atoms with E-state index >= 15 is 0 Å². The predicted octanol–water partition coefficient (Wildman–Crippen LogP) is 3.49. The Hall–Kier alpha value is -2.66. The lowest BCUT2D eigenvalue weighted by Gasteiger charge is -2.12. The number of hydrogen-bond donors (Lipinski definition) is 2. The number of anilines is 1. The Morgan fingerprint density at radius 1 is 1.13 bits per heavy atom. The van der Waals surface area contributed by atoms with Crippen molar-refractivity contribution >= 4 is 16.6 Å². The highest BCUT2D eigenvalue weighted by Gasteiger charge is 2.07. The second kappa shape index (κ2) is 6.62. The van der Waals surface area contributed by atoms with Crippen LogP contribution in [0.15, 0.2) is 48.5 Å². The summed E-state index contributed by atoms with van der Waals surface area (Å²) in [5.41, 5.74) is 3.18. The first-order valence-electron chi connectivity index (χ1n) is 7.26. The van der Waals surface area contributed by atoms with Gasteiger partial charge in [0.2, 0.25) is 0 Å². The van der Waals surface area contributed by atoms with Gasteiger partial charge in [0.25, 0.3) is 0 Å². The van der Waals surface area contributed by atoms with Crippen molar-refractivity contribution in [3.63, 3.8) is 0 Å². The van der Waals surface area contributed by atoms with Gasteiger partial charge in [-0.1, -0.05) is 12.1 Å². The molecule has 0 saturated carbocycles. The third kappa shape index (κ3) is 3.40. The monoisotopic (exact) mass is 312 g/mol. The summed E-state index contributed by atoms with van der Waals surface area (Å²) in [5.74, 6) is 0.483. The van der Waals surface area contributed by atoms with E-state index in [1.807, 2.05) is 24.3 Å². The lowest BCUT2D eigenvalue weighted by Crippen LogP contribution is -2.02. The molecule has 5 heteroatoms. The number of aromatic nitrogens is 1. The minimum Gasteiger partial charge on any atom is -0.497 e. The zero-order valence-electron chi connectivity index (χ0n) is 12.7. The van der Waals surface area contributed by atoms with Gasteiger partial charge in [-0.05, 0) is 42.0 Å². The summed E-state index contributed by atoms with van der Waals surface area (Å²) in [6.07, 6.45) is 0. The molecule has 0 spiro atoms. The van der Waals surface area contributed by atoms with Gasteiger partial charge in [-0.15, -0.1) is 0 Å². The third-order valence-corrected chi connectivity index (χ3v) is 3.63. The molecule has 118 valence electrons. The van der Waals surface area contributed by atoms with E-state index in [9.17, 15) is 9.50 Å². The van der Waals surface area contributed by atoms with Crippen LogP contribution in [0.2, 0.25) is 0 Å². The Balaban J connectivity index is 1.95. The maximum atomic E-state index is 13.0. The molecule has 0 atom stereocenters. The van der Waals surface area contributed by atoms with E-state index in [2.05, 4.69) is 10.3 Å². The van der Waals surface area contributed by atoms with E-state index in [-0.39, 0.29) is 12.4 Å². The fourth-order valence-corrected chi connectivity index (χ4v) is 2.41. The molecule has 0 aliphatic rings. The van der Waals surface area contributed by atoms with Crippen LogP contribution in [0.5, 0.6) is 5.75 Å². The molecule has 0 radical (unpaired) electrons. The molecule has 2 N–H and O–H groups in total. The number of fused-ring (bicyclic) bond motifs is 1. The first-order chi connectivity index (χ1) is 11.2. The van der Waals surface area contributed by atoms with Crippen LogP contribution >= 0.6 is 0 Å². The van der Waals surface area contributed by atoms with Crippen LogP contribution in [0, 0.1) is 5.82 Å². The second-order valence-electron chi connectivity index (χ2n) is 5.18. The lowest BCUT2D eigenvalue weighted by atomic mass is 10.1. The SMILES string of the molecule is COc1ccc2nc(CO)cc(NCc3ccc(F)cc3)c2c1. The van der Waals surface area contributed by atoms with Crippen molar-refractivity contribution in [1.82, 2.24) is 4.98 Å². The maximum Gasteiger partial charge on any atom is 0.123 e. The molecule has 0 bridgehead atoms. The number of pyridine rings is 1. The van der Waals surface area contributed by atoms with Gasteiger partial charge in [-0.25, -0.2) is 4.39 Å². The van der Waals surface area contributed by atoms with Crippen LogP contribution in [0.1, 0.15) is 11.3 Å². The molecule has 3 rings (SSSR count). The smallest absolute Gasteiger partial charge is 0.123 e. The number of halogens is 1. The average molecular weight is 312 g/mol. The highest BCUT2D eigenvalue weighted by Crippen LogP contribution is 2.27. The number of methoxy groups -OCH3 is 1. The molecule has 2 aromatic carbocycles. The minimum atomic E-state index is -0.254. The maximum absolute atomic E-state index is 13.0. The van der Waals surface area contributed by atoms with E-state index in [4.69, 9.17) is 4.74 Å². The molecule has 1 aromatic heterocycles. The van der Waals surface area contributed by atoms with Crippen molar-refractivity contribution in [3.8, 4) is 5.75 Å². The molecule has 0 amide bonds. The van der Waals surface area contributed by atoms with Crippen molar-refractivity contribution in [2.45, 2.75) is 13.2 Å². The van der Waals surface area contributed by atoms with Crippen LogP contribution in [-0.2, 0) is 13.2 Å². The fraction of sp³-hybridized carbons (Fsp3) is 0.167. The van der Waals surface area contributed by atoms with Gasteiger partial charge >= 0.3 is 0 Å². The number of aliphatic hydroxyl groups is 1. The number of ether oxygens (including phenoxy) is 1. The Morgan fingerprint density at radius 3 is 2.61 bits per heavy atom. The minimum absolute atomic E-state index is 0.132. The van der Waals surface area contributed by atoms with Crippen LogP contribution < -0.4 is 10.1 Å². The van der Waals surface area contributed by atoms with E-state index in [1.54, 1.807) is 19.2 Å². The summed E-state index contributed by atoms with van der Waals surface area (Å²) in [5, 5.41) is 13.6. The molecule has 1 heterocycles. The number of nitrogens with zero attached hydrogens (tertiary/aromatic N) is 1. The standard InChI is InChI=1S/C18H17FN2O2/c1-23-15-6-7-17-16(9-15)18(8-14(11-22)21-17)20-10-12-2-4-13(19)5-3-12/h2-9,22H,10-11H2,1H3,(H,20,21). The van der Waals surface area contributed by atoms with Gasteiger partial charge in [0.15, 0.2) is 0 Å². The fourth-order valence-electron chi connectivity index (χ4n) is 2.41. The number of rotatable bonds is 5. The quantitative estimate of drug-likeness (QED) is 0.757. The van der Waals surface area contributed by atoms with Crippen molar-refractivity contribution in [3.05, 3.63) is 65.6 Å². The number of hydrogen-bond acceptors (Lipinski definition) is 4. The summed E-state index contributed by atoms with van der Waals surface area (Å²) in [6.45, 7) is 0.411. The molecule has 4 nitrogen and oxygen atoms in total. The van der Waals surface area contributed by atoms with E-state index in [1.165, 1.54) is 12.1 Å². The lowest BCUT2D eigenvalue weighted by molar-refractivity contribution is 0.277. The van der Waals surface area contributed by atoms with Crippen LogP contribution in [0.3, 0.4) is 0 Å². The van der Waals surface area contributed by atoms with Gasteiger partial charge < -0.3 is 15.2 Å². The summed E-state index contributed by atoms with van der Waals surface area (Å²) in [4.78, 5) is 4.40. The highest BCUT2D eigenvalue weighted by molar-refractivity contribution is 5.92. The Morgan fingerprint density at radius 2 is 1.91 bits per heavy atom. The zero-order chi connectivity index (χ0) is 16.2. The molecule has 0 fully saturated rings. The molecule has 0 aliphatic heterocycles. The second-order valence-corrected chi connectivity index (χ2v) is 5.18. The van der Waals surface area contributed by atoms with Gasteiger partial charge in [0.05, 0.1) is 24.9 Å². The summed E-state index contributed by atoms with van der Waals surface area (Å²) < 4.78 is 18.2. The molecular weight excluding hydrogens is 295 g/mol. The average Bonchev–Trinajstić information content (AvgIpc) is 2.60. The molecule has 3 aromatic rings. The Labute approximate surface area is 133 Å². The molecule has 23 heavy (non-hydrogen) atoms. The van der Waals surface area contributed by atoms with Crippen LogP contribution in [-0.4, -0.2) is 17.2 Å². The van der Waals surface area contributed by atoms with Crippen molar-refractivity contribution in [2.75, 3.05) is 12.4 Å². The van der Waals surface area contributed by atoms with Crippen LogP contribution in [0.25, 0.3) is 10.9 Å². The highest BCUT2D eigenvalue weighted by atomic mass is 19.1. The zero-order valence-corrected chi connectivity index (χ0v) is 12.7. The van der Waals surface area contributed by atoms with Crippen molar-refractivity contribution in [1.29, 1.82) is 0 Å². The topological polar surface area (TPSA) is 54.4 Å². The third-order valence-electron chi connectivity index (χ3n) is 3.63. The van der Waals surface area contributed by atoms with E-state index in [0.717, 1.165) is 27.9 Å². The first kappa shape index (κ1) is 15.2. The Bertz CT molecular complexity index is 819. The predicted molar refractivity (Wildman–Crippen MR) is 87.9 cm³/mol. The molecule has 0 saturated heterocycles. The van der Waals surface area contributed by atoms with Gasteiger partial charge in [0, 0.05) is 17.6 Å². The molecule has 0 aliphatic carbocycles.